The summed E-state index contributed by atoms with van der Waals surface area (Å²) in [5.41, 5.74) is 9.81. The molecule has 20 heavy (non-hydrogen) atoms. The summed E-state index contributed by atoms with van der Waals surface area (Å²) < 4.78 is 8.26. The molecule has 0 radical (unpaired) electrons. The minimum absolute atomic E-state index is 0.602. The molecule has 3 aromatic rings. The number of benzene rings is 1. The van der Waals surface area contributed by atoms with E-state index in [1.165, 1.54) is 0 Å². The van der Waals surface area contributed by atoms with Crippen LogP contribution in [-0.2, 0) is 0 Å². The number of nitrogen functional groups attached to an aromatic ring is 1. The SMILES string of the molecule is COc1ccccc1-c1nc2cc(C)c(Br)cn2c1N. The summed E-state index contributed by atoms with van der Waals surface area (Å²) in [6.07, 6.45) is 1.94. The van der Waals surface area contributed by atoms with Crippen LogP contribution in [0.1, 0.15) is 5.56 Å². The van der Waals surface area contributed by atoms with Crippen molar-refractivity contribution >= 4 is 27.4 Å². The van der Waals surface area contributed by atoms with Crippen LogP contribution in [0.2, 0.25) is 0 Å². The van der Waals surface area contributed by atoms with Crippen molar-refractivity contribution in [3.63, 3.8) is 0 Å². The number of anilines is 1. The number of para-hydroxylation sites is 1. The molecule has 102 valence electrons. The molecule has 0 aliphatic heterocycles. The van der Waals surface area contributed by atoms with Crippen molar-refractivity contribution in [2.75, 3.05) is 12.8 Å². The molecular weight excluding hydrogens is 318 g/mol. The van der Waals surface area contributed by atoms with Crippen LogP contribution in [0.15, 0.2) is 41.0 Å². The lowest BCUT2D eigenvalue weighted by molar-refractivity contribution is 0.416. The van der Waals surface area contributed by atoms with Gasteiger partial charge in [-0.1, -0.05) is 12.1 Å². The molecule has 2 N–H and O–H groups in total. The van der Waals surface area contributed by atoms with Gasteiger partial charge in [-0.3, -0.25) is 4.40 Å². The first-order valence-corrected chi connectivity index (χ1v) is 6.98. The highest BCUT2D eigenvalue weighted by molar-refractivity contribution is 9.10. The third-order valence-corrected chi connectivity index (χ3v) is 4.13. The number of nitrogens with zero attached hydrogens (tertiary/aromatic N) is 2. The molecule has 0 saturated heterocycles. The zero-order valence-electron chi connectivity index (χ0n) is 11.2. The average molecular weight is 332 g/mol. The van der Waals surface area contributed by atoms with E-state index in [1.54, 1.807) is 7.11 Å². The number of ether oxygens (including phenoxy) is 1. The second kappa shape index (κ2) is 4.83. The van der Waals surface area contributed by atoms with Crippen molar-refractivity contribution in [3.8, 4) is 17.0 Å². The molecule has 3 rings (SSSR count). The maximum absolute atomic E-state index is 6.24. The second-order valence-electron chi connectivity index (χ2n) is 4.58. The normalized spacial score (nSPS) is 10.9. The summed E-state index contributed by atoms with van der Waals surface area (Å²) in [5, 5.41) is 0. The maximum Gasteiger partial charge on any atom is 0.139 e. The van der Waals surface area contributed by atoms with E-state index in [9.17, 15) is 0 Å². The van der Waals surface area contributed by atoms with Crippen LogP contribution in [0.25, 0.3) is 16.9 Å². The number of methoxy groups -OCH3 is 1. The molecule has 0 bridgehead atoms. The minimum Gasteiger partial charge on any atom is -0.496 e. The van der Waals surface area contributed by atoms with E-state index in [1.807, 2.05) is 47.9 Å². The van der Waals surface area contributed by atoms with Crippen LogP contribution in [0.5, 0.6) is 5.75 Å². The fourth-order valence-electron chi connectivity index (χ4n) is 2.22. The highest BCUT2D eigenvalue weighted by atomic mass is 79.9. The predicted octanol–water partition coefficient (Wildman–Crippen LogP) is 3.66. The standard InChI is InChI=1S/C15H14BrN3O/c1-9-7-13-18-14(15(17)19(13)8-11(9)16)10-5-3-4-6-12(10)20-2/h3-8H,17H2,1-2H3. The van der Waals surface area contributed by atoms with Gasteiger partial charge in [0, 0.05) is 16.2 Å². The molecule has 5 heteroatoms. The van der Waals surface area contributed by atoms with Gasteiger partial charge in [-0.25, -0.2) is 4.98 Å². The summed E-state index contributed by atoms with van der Waals surface area (Å²) in [6, 6.07) is 9.73. The lowest BCUT2D eigenvalue weighted by Crippen LogP contribution is -1.95. The number of halogens is 1. The second-order valence-corrected chi connectivity index (χ2v) is 5.43. The highest BCUT2D eigenvalue weighted by Gasteiger charge is 2.15. The Kier molecular flexibility index (Phi) is 3.14. The lowest BCUT2D eigenvalue weighted by Gasteiger charge is -2.06. The first-order chi connectivity index (χ1) is 9.61. The van der Waals surface area contributed by atoms with E-state index in [0.717, 1.165) is 32.7 Å². The van der Waals surface area contributed by atoms with E-state index in [2.05, 4.69) is 20.9 Å². The number of rotatable bonds is 2. The Hall–Kier alpha value is -2.01. The van der Waals surface area contributed by atoms with Crippen LogP contribution in [0, 0.1) is 6.92 Å². The highest BCUT2D eigenvalue weighted by Crippen LogP contribution is 2.34. The molecular formula is C15H14BrN3O. The maximum atomic E-state index is 6.24. The third kappa shape index (κ3) is 1.94. The van der Waals surface area contributed by atoms with Gasteiger partial charge in [0.05, 0.1) is 7.11 Å². The molecule has 2 aromatic heterocycles. The number of fused-ring (bicyclic) bond motifs is 1. The van der Waals surface area contributed by atoms with Crippen LogP contribution < -0.4 is 10.5 Å². The van der Waals surface area contributed by atoms with Gasteiger partial charge in [0.25, 0.3) is 0 Å². The molecule has 0 aliphatic rings. The number of hydrogen-bond donors (Lipinski definition) is 1. The first-order valence-electron chi connectivity index (χ1n) is 6.19. The Morgan fingerprint density at radius 3 is 2.80 bits per heavy atom. The van der Waals surface area contributed by atoms with Crippen LogP contribution in [-0.4, -0.2) is 16.5 Å². The molecule has 1 aromatic carbocycles. The number of hydrogen-bond acceptors (Lipinski definition) is 3. The number of imidazole rings is 1. The molecule has 0 saturated carbocycles. The van der Waals surface area contributed by atoms with Crippen molar-refractivity contribution < 1.29 is 4.74 Å². The zero-order valence-corrected chi connectivity index (χ0v) is 12.8. The average Bonchev–Trinajstić information content (AvgIpc) is 2.76. The van der Waals surface area contributed by atoms with Gasteiger partial charge in [-0.05, 0) is 46.6 Å². The van der Waals surface area contributed by atoms with Gasteiger partial charge in [0.1, 0.15) is 22.9 Å². The molecule has 4 nitrogen and oxygen atoms in total. The summed E-state index contributed by atoms with van der Waals surface area (Å²) in [6.45, 7) is 2.03. The van der Waals surface area contributed by atoms with Gasteiger partial charge < -0.3 is 10.5 Å². The van der Waals surface area contributed by atoms with E-state index < -0.39 is 0 Å². The Morgan fingerprint density at radius 1 is 1.30 bits per heavy atom. The number of aryl methyl sites for hydroxylation is 1. The molecule has 0 aliphatic carbocycles. The topological polar surface area (TPSA) is 52.5 Å². The molecule has 0 amide bonds. The molecule has 2 heterocycles. The van der Waals surface area contributed by atoms with Gasteiger partial charge in [-0.15, -0.1) is 0 Å². The Labute approximate surface area is 125 Å². The van der Waals surface area contributed by atoms with Gasteiger partial charge in [-0.2, -0.15) is 0 Å². The summed E-state index contributed by atoms with van der Waals surface area (Å²) >= 11 is 3.52. The monoisotopic (exact) mass is 331 g/mol. The quantitative estimate of drug-likeness (QED) is 0.779. The number of nitrogens with two attached hydrogens (primary N) is 1. The van der Waals surface area contributed by atoms with Gasteiger partial charge in [0.15, 0.2) is 0 Å². The number of pyridine rings is 1. The van der Waals surface area contributed by atoms with Crippen molar-refractivity contribution in [3.05, 3.63) is 46.6 Å². The van der Waals surface area contributed by atoms with Crippen molar-refractivity contribution in [1.82, 2.24) is 9.38 Å². The van der Waals surface area contributed by atoms with Crippen LogP contribution >= 0.6 is 15.9 Å². The summed E-state index contributed by atoms with van der Waals surface area (Å²) in [7, 11) is 1.64. The lowest BCUT2D eigenvalue weighted by atomic mass is 10.1. The zero-order chi connectivity index (χ0) is 14.3. The van der Waals surface area contributed by atoms with Gasteiger partial charge >= 0.3 is 0 Å². The Balaban J connectivity index is 2.29. The van der Waals surface area contributed by atoms with Crippen molar-refractivity contribution in [2.24, 2.45) is 0 Å². The van der Waals surface area contributed by atoms with E-state index in [0.29, 0.717) is 5.82 Å². The van der Waals surface area contributed by atoms with E-state index >= 15 is 0 Å². The predicted molar refractivity (Wildman–Crippen MR) is 84.0 cm³/mol. The van der Waals surface area contributed by atoms with E-state index in [4.69, 9.17) is 10.5 Å². The molecule has 0 atom stereocenters. The summed E-state index contributed by atoms with van der Waals surface area (Å²) in [5.74, 6) is 1.36. The molecule has 0 spiro atoms. The number of aromatic nitrogens is 2. The van der Waals surface area contributed by atoms with Crippen molar-refractivity contribution in [2.45, 2.75) is 6.92 Å². The Morgan fingerprint density at radius 2 is 2.05 bits per heavy atom. The largest absolute Gasteiger partial charge is 0.496 e. The Bertz CT molecular complexity index is 795. The molecule has 0 fully saturated rings. The fraction of sp³-hybridized carbons (Fsp3) is 0.133. The van der Waals surface area contributed by atoms with Crippen molar-refractivity contribution in [1.29, 1.82) is 0 Å². The first kappa shape index (κ1) is 13.0. The molecule has 0 unspecified atom stereocenters. The van der Waals surface area contributed by atoms with Gasteiger partial charge in [0.2, 0.25) is 0 Å². The van der Waals surface area contributed by atoms with Crippen LogP contribution in [0.4, 0.5) is 5.82 Å². The van der Waals surface area contributed by atoms with E-state index in [-0.39, 0.29) is 0 Å². The summed E-state index contributed by atoms with van der Waals surface area (Å²) in [4.78, 5) is 4.63. The third-order valence-electron chi connectivity index (χ3n) is 3.30. The smallest absolute Gasteiger partial charge is 0.139 e. The van der Waals surface area contributed by atoms with Crippen LogP contribution in [0.3, 0.4) is 0 Å². The minimum atomic E-state index is 0.602. The fourth-order valence-corrected chi connectivity index (χ4v) is 2.54.